The van der Waals surface area contributed by atoms with Gasteiger partial charge in [0.25, 0.3) is 5.91 Å². The second-order valence-electron chi connectivity index (χ2n) is 7.93. The molecule has 0 radical (unpaired) electrons. The Labute approximate surface area is 179 Å². The van der Waals surface area contributed by atoms with E-state index in [2.05, 4.69) is 40.4 Å². The molecule has 27 heavy (non-hydrogen) atoms. The van der Waals surface area contributed by atoms with Gasteiger partial charge in [-0.3, -0.25) is 9.79 Å². The molecular weight excluding hydrogens is 455 g/mol. The van der Waals surface area contributed by atoms with Crippen molar-refractivity contribution in [2.24, 2.45) is 10.4 Å². The Morgan fingerprint density at radius 1 is 1.41 bits per heavy atom. The molecule has 0 saturated carbocycles. The monoisotopic (exact) mass is 486 g/mol. The SMILES string of the molecule is CN=C(NCc1cccc(NC(=O)C2CCCO2)c1)N1CCC(C)(C)C1.I. The summed E-state index contributed by atoms with van der Waals surface area (Å²) in [6, 6.07) is 7.93. The first-order chi connectivity index (χ1) is 12.5. The Hall–Kier alpha value is -1.35. The van der Waals surface area contributed by atoms with Crippen LogP contribution in [0.4, 0.5) is 5.69 Å². The Morgan fingerprint density at radius 2 is 2.22 bits per heavy atom. The predicted molar refractivity (Wildman–Crippen MR) is 120 cm³/mol. The Morgan fingerprint density at radius 3 is 2.85 bits per heavy atom. The number of carbonyl (C=O) groups is 1. The molecule has 0 bridgehead atoms. The number of nitrogens with zero attached hydrogens (tertiary/aromatic N) is 2. The predicted octanol–water partition coefficient (Wildman–Crippen LogP) is 3.23. The van der Waals surface area contributed by atoms with Crippen LogP contribution in [0, 0.1) is 5.41 Å². The topological polar surface area (TPSA) is 66.0 Å². The summed E-state index contributed by atoms with van der Waals surface area (Å²) in [6.07, 6.45) is 2.62. The van der Waals surface area contributed by atoms with Crippen LogP contribution in [-0.2, 0) is 16.1 Å². The van der Waals surface area contributed by atoms with Crippen LogP contribution in [-0.4, -0.2) is 49.6 Å². The van der Waals surface area contributed by atoms with Crippen molar-refractivity contribution in [1.82, 2.24) is 10.2 Å². The van der Waals surface area contributed by atoms with E-state index in [0.29, 0.717) is 18.6 Å². The summed E-state index contributed by atoms with van der Waals surface area (Å²) in [7, 11) is 1.83. The fraction of sp³-hybridized carbons (Fsp3) is 0.600. The van der Waals surface area contributed by atoms with Crippen molar-refractivity contribution in [2.45, 2.75) is 45.8 Å². The highest BCUT2D eigenvalue weighted by Crippen LogP contribution is 2.28. The zero-order valence-electron chi connectivity index (χ0n) is 16.5. The van der Waals surface area contributed by atoms with Crippen LogP contribution in [0.2, 0.25) is 0 Å². The van der Waals surface area contributed by atoms with Crippen LogP contribution in [0.1, 0.15) is 38.7 Å². The molecule has 1 amide bonds. The van der Waals surface area contributed by atoms with Crippen LogP contribution >= 0.6 is 24.0 Å². The molecule has 150 valence electrons. The highest BCUT2D eigenvalue weighted by molar-refractivity contribution is 14.0. The van der Waals surface area contributed by atoms with Gasteiger partial charge in [-0.25, -0.2) is 0 Å². The molecule has 0 spiro atoms. The number of anilines is 1. The molecule has 1 aromatic carbocycles. The minimum atomic E-state index is -0.311. The van der Waals surface area contributed by atoms with Crippen molar-refractivity contribution in [3.05, 3.63) is 29.8 Å². The molecule has 2 N–H and O–H groups in total. The number of ether oxygens (including phenoxy) is 1. The van der Waals surface area contributed by atoms with Crippen LogP contribution < -0.4 is 10.6 Å². The van der Waals surface area contributed by atoms with Gasteiger partial charge in [0.2, 0.25) is 0 Å². The van der Waals surface area contributed by atoms with Crippen molar-refractivity contribution in [1.29, 1.82) is 0 Å². The number of likely N-dealkylation sites (tertiary alicyclic amines) is 1. The van der Waals surface area contributed by atoms with Crippen molar-refractivity contribution >= 4 is 41.5 Å². The lowest BCUT2D eigenvalue weighted by Crippen LogP contribution is -2.40. The molecule has 2 aliphatic rings. The van der Waals surface area contributed by atoms with Crippen molar-refractivity contribution in [3.63, 3.8) is 0 Å². The lowest BCUT2D eigenvalue weighted by Gasteiger charge is -2.23. The van der Waals surface area contributed by atoms with Crippen molar-refractivity contribution in [2.75, 3.05) is 32.1 Å². The minimum Gasteiger partial charge on any atom is -0.368 e. The molecule has 2 saturated heterocycles. The van der Waals surface area contributed by atoms with Gasteiger partial charge in [-0.15, -0.1) is 24.0 Å². The number of amides is 1. The van der Waals surface area contributed by atoms with Gasteiger partial charge >= 0.3 is 0 Å². The molecule has 2 aliphatic heterocycles. The van der Waals surface area contributed by atoms with Crippen LogP contribution in [0.5, 0.6) is 0 Å². The fourth-order valence-corrected chi connectivity index (χ4v) is 3.57. The Bertz CT molecular complexity index is 672. The minimum absolute atomic E-state index is 0. The Balaban J connectivity index is 0.00000261. The second-order valence-corrected chi connectivity index (χ2v) is 7.93. The summed E-state index contributed by atoms with van der Waals surface area (Å²) in [5.41, 5.74) is 2.25. The molecule has 1 atom stereocenters. The summed E-state index contributed by atoms with van der Waals surface area (Å²) in [5.74, 6) is 0.882. The number of carbonyl (C=O) groups excluding carboxylic acids is 1. The van der Waals surface area contributed by atoms with E-state index in [9.17, 15) is 4.79 Å². The van der Waals surface area contributed by atoms with E-state index < -0.39 is 0 Å². The van der Waals surface area contributed by atoms with Gasteiger partial charge < -0.3 is 20.3 Å². The number of rotatable bonds is 4. The second kappa shape index (κ2) is 9.73. The van der Waals surface area contributed by atoms with Gasteiger partial charge in [0, 0.05) is 39.0 Å². The van der Waals surface area contributed by atoms with Gasteiger partial charge in [0.1, 0.15) is 6.10 Å². The number of benzene rings is 1. The molecule has 7 heteroatoms. The molecular formula is C20H31IN4O2. The third-order valence-electron chi connectivity index (χ3n) is 5.06. The number of guanidine groups is 1. The van der Waals surface area contributed by atoms with E-state index in [1.807, 2.05) is 25.2 Å². The largest absolute Gasteiger partial charge is 0.368 e. The summed E-state index contributed by atoms with van der Waals surface area (Å²) in [5, 5.41) is 6.40. The first-order valence-corrected chi connectivity index (χ1v) is 9.44. The van der Waals surface area contributed by atoms with E-state index in [1.165, 1.54) is 6.42 Å². The smallest absolute Gasteiger partial charge is 0.253 e. The molecule has 2 fully saturated rings. The van der Waals surface area contributed by atoms with E-state index in [1.54, 1.807) is 0 Å². The highest BCUT2D eigenvalue weighted by atomic mass is 127. The van der Waals surface area contributed by atoms with Gasteiger partial charge in [0.05, 0.1) is 0 Å². The summed E-state index contributed by atoms with van der Waals surface area (Å²) in [6.45, 7) is 7.98. The van der Waals surface area contributed by atoms with Gasteiger partial charge in [-0.05, 0) is 42.4 Å². The van der Waals surface area contributed by atoms with Crippen LogP contribution in [0.3, 0.4) is 0 Å². The zero-order valence-corrected chi connectivity index (χ0v) is 18.8. The average Bonchev–Trinajstić information content (AvgIpc) is 3.26. The van der Waals surface area contributed by atoms with E-state index >= 15 is 0 Å². The molecule has 3 rings (SSSR count). The normalized spacial score (nSPS) is 21.7. The number of halogens is 1. The maximum atomic E-state index is 12.2. The lowest BCUT2D eigenvalue weighted by molar-refractivity contribution is -0.124. The van der Waals surface area contributed by atoms with Crippen LogP contribution in [0.25, 0.3) is 0 Å². The number of aliphatic imine (C=N–C) groups is 1. The summed E-state index contributed by atoms with van der Waals surface area (Å²) < 4.78 is 5.44. The van der Waals surface area contributed by atoms with E-state index in [0.717, 1.165) is 43.1 Å². The first-order valence-electron chi connectivity index (χ1n) is 9.44. The summed E-state index contributed by atoms with van der Waals surface area (Å²) >= 11 is 0. The molecule has 0 aromatic heterocycles. The average molecular weight is 486 g/mol. The third kappa shape index (κ3) is 6.07. The molecule has 0 aliphatic carbocycles. The lowest BCUT2D eigenvalue weighted by atomic mass is 9.93. The quantitative estimate of drug-likeness (QED) is 0.390. The molecule has 2 heterocycles. The van der Waals surface area contributed by atoms with Gasteiger partial charge in [0.15, 0.2) is 5.96 Å². The first kappa shape index (κ1) is 21.9. The maximum Gasteiger partial charge on any atom is 0.253 e. The molecule has 1 aromatic rings. The standard InChI is InChI=1S/C20H30N4O2.HI/c1-20(2)9-10-24(14-20)19(21-3)22-13-15-6-4-7-16(12-15)23-18(25)17-8-5-11-26-17;/h4,6-7,12,17H,5,8-11,13-14H2,1-3H3,(H,21,22)(H,23,25);1H. The molecule has 6 nitrogen and oxygen atoms in total. The number of hydrogen-bond donors (Lipinski definition) is 2. The fourth-order valence-electron chi connectivity index (χ4n) is 3.57. The van der Waals surface area contributed by atoms with Crippen molar-refractivity contribution in [3.8, 4) is 0 Å². The third-order valence-corrected chi connectivity index (χ3v) is 5.06. The highest BCUT2D eigenvalue weighted by Gasteiger charge is 2.30. The van der Waals surface area contributed by atoms with Crippen LogP contribution in [0.15, 0.2) is 29.3 Å². The zero-order chi connectivity index (χ0) is 18.6. The molecule has 1 unspecified atom stereocenters. The number of nitrogens with one attached hydrogen (secondary N) is 2. The van der Waals surface area contributed by atoms with Crippen molar-refractivity contribution < 1.29 is 9.53 Å². The van der Waals surface area contributed by atoms with Gasteiger partial charge in [-0.1, -0.05) is 26.0 Å². The summed E-state index contributed by atoms with van der Waals surface area (Å²) in [4.78, 5) is 18.9. The van der Waals surface area contributed by atoms with E-state index in [-0.39, 0.29) is 36.0 Å². The number of hydrogen-bond acceptors (Lipinski definition) is 3. The Kier molecular flexibility index (Phi) is 7.91. The maximum absolute atomic E-state index is 12.2. The van der Waals surface area contributed by atoms with E-state index in [4.69, 9.17) is 4.74 Å². The van der Waals surface area contributed by atoms with Gasteiger partial charge in [-0.2, -0.15) is 0 Å².